The molecule has 0 aromatic carbocycles. The predicted molar refractivity (Wildman–Crippen MR) is 85.8 cm³/mol. The average molecular weight is 302 g/mol. The number of rotatable bonds is 7. The van der Waals surface area contributed by atoms with Crippen molar-refractivity contribution in [2.45, 2.75) is 19.5 Å². The van der Waals surface area contributed by atoms with E-state index in [-0.39, 0.29) is 0 Å². The van der Waals surface area contributed by atoms with Gasteiger partial charge in [-0.2, -0.15) is 5.10 Å². The van der Waals surface area contributed by atoms with Gasteiger partial charge in [-0.1, -0.05) is 6.07 Å². The van der Waals surface area contributed by atoms with Crippen LogP contribution in [0.2, 0.25) is 0 Å². The number of nitrogens with zero attached hydrogens (tertiary/aromatic N) is 4. The minimum atomic E-state index is 0.616. The summed E-state index contributed by atoms with van der Waals surface area (Å²) < 4.78 is 6.95. The molecule has 2 aromatic heterocycles. The Labute approximate surface area is 130 Å². The molecule has 2 N–H and O–H groups in total. The van der Waals surface area contributed by atoms with Crippen molar-refractivity contribution in [2.75, 3.05) is 20.7 Å². The van der Waals surface area contributed by atoms with Crippen LogP contribution in [0.15, 0.2) is 41.8 Å². The summed E-state index contributed by atoms with van der Waals surface area (Å²) in [6, 6.07) is 5.75. The fraction of sp³-hybridized carbons (Fsp3) is 0.400. The molecule has 2 heterocycles. The van der Waals surface area contributed by atoms with Gasteiger partial charge in [0.15, 0.2) is 5.96 Å². The summed E-state index contributed by atoms with van der Waals surface area (Å²) >= 11 is 0. The maximum Gasteiger partial charge on any atom is 0.212 e. The number of aryl methyl sites for hydroxylation is 1. The van der Waals surface area contributed by atoms with Crippen molar-refractivity contribution in [3.63, 3.8) is 0 Å². The summed E-state index contributed by atoms with van der Waals surface area (Å²) in [5.74, 6) is 1.39. The Morgan fingerprint density at radius 3 is 2.91 bits per heavy atom. The molecule has 0 spiro atoms. The minimum Gasteiger partial charge on any atom is -0.481 e. The Morgan fingerprint density at radius 2 is 2.27 bits per heavy atom. The summed E-state index contributed by atoms with van der Waals surface area (Å²) in [5, 5.41) is 10.7. The lowest BCUT2D eigenvalue weighted by atomic mass is 10.3. The van der Waals surface area contributed by atoms with E-state index in [0.29, 0.717) is 12.4 Å². The van der Waals surface area contributed by atoms with Crippen molar-refractivity contribution in [1.29, 1.82) is 0 Å². The molecular formula is C15H22N6O. The van der Waals surface area contributed by atoms with Crippen molar-refractivity contribution in [3.05, 3.63) is 42.4 Å². The molecule has 0 fully saturated rings. The summed E-state index contributed by atoms with van der Waals surface area (Å²) in [5.41, 5.74) is 1.07. The summed E-state index contributed by atoms with van der Waals surface area (Å²) in [7, 11) is 3.37. The standard InChI is InChI=1S/C15H22N6O/c1-16-15(17-7-3-9-21-10-4-8-20-21)19-12-13-5-6-14(22-2)18-11-13/h4-6,8,10-11H,3,7,9,12H2,1-2H3,(H2,16,17,19). The lowest BCUT2D eigenvalue weighted by molar-refractivity contribution is 0.397. The quantitative estimate of drug-likeness (QED) is 0.454. The molecule has 0 saturated carbocycles. The molecule has 0 saturated heterocycles. The molecule has 0 amide bonds. The first-order valence-corrected chi connectivity index (χ1v) is 7.22. The van der Waals surface area contributed by atoms with Gasteiger partial charge in [-0.15, -0.1) is 0 Å². The van der Waals surface area contributed by atoms with Gasteiger partial charge in [0.05, 0.1) is 7.11 Å². The fourth-order valence-electron chi connectivity index (χ4n) is 1.92. The molecule has 2 rings (SSSR count). The highest BCUT2D eigenvalue weighted by Gasteiger charge is 1.99. The zero-order valence-corrected chi connectivity index (χ0v) is 13.0. The molecular weight excluding hydrogens is 280 g/mol. The Hall–Kier alpha value is -2.57. The van der Waals surface area contributed by atoms with Crippen LogP contribution >= 0.6 is 0 Å². The molecule has 0 aliphatic heterocycles. The lowest BCUT2D eigenvalue weighted by Gasteiger charge is -2.12. The maximum atomic E-state index is 5.04. The largest absolute Gasteiger partial charge is 0.481 e. The second-order valence-corrected chi connectivity index (χ2v) is 4.68. The van der Waals surface area contributed by atoms with E-state index in [2.05, 4.69) is 25.7 Å². The monoisotopic (exact) mass is 302 g/mol. The molecule has 0 atom stereocenters. The van der Waals surface area contributed by atoms with E-state index < -0.39 is 0 Å². The second-order valence-electron chi connectivity index (χ2n) is 4.68. The summed E-state index contributed by atoms with van der Waals surface area (Å²) in [4.78, 5) is 8.37. The van der Waals surface area contributed by atoms with Gasteiger partial charge in [0.1, 0.15) is 0 Å². The zero-order chi connectivity index (χ0) is 15.6. The number of hydrogen-bond donors (Lipinski definition) is 2. The Balaban J connectivity index is 1.68. The molecule has 7 nitrogen and oxygen atoms in total. The number of nitrogens with one attached hydrogen (secondary N) is 2. The maximum absolute atomic E-state index is 5.04. The predicted octanol–water partition coefficient (Wildman–Crippen LogP) is 1.04. The van der Waals surface area contributed by atoms with Crippen LogP contribution in [0.3, 0.4) is 0 Å². The van der Waals surface area contributed by atoms with E-state index >= 15 is 0 Å². The second kappa shape index (κ2) is 8.66. The van der Waals surface area contributed by atoms with Crippen LogP contribution in [0.5, 0.6) is 5.88 Å². The third-order valence-corrected chi connectivity index (χ3v) is 3.11. The number of pyridine rings is 1. The van der Waals surface area contributed by atoms with Crippen molar-refractivity contribution in [2.24, 2.45) is 4.99 Å². The van der Waals surface area contributed by atoms with Gasteiger partial charge in [0, 0.05) is 51.3 Å². The lowest BCUT2D eigenvalue weighted by Crippen LogP contribution is -2.37. The first-order valence-electron chi connectivity index (χ1n) is 7.22. The summed E-state index contributed by atoms with van der Waals surface area (Å²) in [6.45, 7) is 2.38. The van der Waals surface area contributed by atoms with Crippen LogP contribution < -0.4 is 15.4 Å². The van der Waals surface area contributed by atoms with Crippen LogP contribution in [0, 0.1) is 0 Å². The van der Waals surface area contributed by atoms with Gasteiger partial charge in [-0.3, -0.25) is 9.67 Å². The van der Waals surface area contributed by atoms with Gasteiger partial charge in [0.2, 0.25) is 5.88 Å². The van der Waals surface area contributed by atoms with Gasteiger partial charge in [0.25, 0.3) is 0 Å². The summed E-state index contributed by atoms with van der Waals surface area (Å²) in [6.07, 6.45) is 6.52. The number of methoxy groups -OCH3 is 1. The Kier molecular flexibility index (Phi) is 6.22. The van der Waals surface area contributed by atoms with E-state index in [1.54, 1.807) is 26.6 Å². The molecule has 0 radical (unpaired) electrons. The first-order chi connectivity index (χ1) is 10.8. The van der Waals surface area contributed by atoms with Gasteiger partial charge in [-0.25, -0.2) is 4.98 Å². The van der Waals surface area contributed by atoms with Gasteiger partial charge < -0.3 is 15.4 Å². The van der Waals surface area contributed by atoms with Crippen molar-refractivity contribution < 1.29 is 4.74 Å². The van der Waals surface area contributed by atoms with E-state index in [1.807, 2.05) is 29.1 Å². The van der Waals surface area contributed by atoms with Gasteiger partial charge >= 0.3 is 0 Å². The third-order valence-electron chi connectivity index (χ3n) is 3.11. The van der Waals surface area contributed by atoms with Crippen molar-refractivity contribution in [1.82, 2.24) is 25.4 Å². The smallest absolute Gasteiger partial charge is 0.212 e. The fourth-order valence-corrected chi connectivity index (χ4v) is 1.92. The topological polar surface area (TPSA) is 76.4 Å². The Bertz CT molecular complexity index is 564. The molecule has 22 heavy (non-hydrogen) atoms. The van der Waals surface area contributed by atoms with Crippen molar-refractivity contribution >= 4 is 5.96 Å². The highest BCUT2D eigenvalue weighted by atomic mass is 16.5. The highest BCUT2D eigenvalue weighted by Crippen LogP contribution is 2.05. The SMILES string of the molecule is CN=C(NCCCn1cccn1)NCc1ccc(OC)nc1. The number of aromatic nitrogens is 3. The van der Waals surface area contributed by atoms with E-state index in [9.17, 15) is 0 Å². The van der Waals surface area contributed by atoms with E-state index in [0.717, 1.165) is 31.0 Å². The zero-order valence-electron chi connectivity index (χ0n) is 13.0. The van der Waals surface area contributed by atoms with Crippen LogP contribution in [0.25, 0.3) is 0 Å². The molecule has 0 aliphatic carbocycles. The van der Waals surface area contributed by atoms with Crippen LogP contribution in [-0.2, 0) is 13.1 Å². The number of guanidine groups is 1. The van der Waals surface area contributed by atoms with Crippen LogP contribution in [-0.4, -0.2) is 41.4 Å². The van der Waals surface area contributed by atoms with Crippen molar-refractivity contribution in [3.8, 4) is 5.88 Å². The molecule has 0 bridgehead atoms. The van der Waals surface area contributed by atoms with E-state index in [4.69, 9.17) is 4.74 Å². The minimum absolute atomic E-state index is 0.616. The molecule has 2 aromatic rings. The first kappa shape index (κ1) is 15.8. The average Bonchev–Trinajstić information content (AvgIpc) is 3.08. The van der Waals surface area contributed by atoms with E-state index in [1.165, 1.54) is 0 Å². The van der Waals surface area contributed by atoms with Crippen LogP contribution in [0.1, 0.15) is 12.0 Å². The normalized spacial score (nSPS) is 11.3. The molecule has 118 valence electrons. The highest BCUT2D eigenvalue weighted by molar-refractivity contribution is 5.79. The number of aliphatic imine (C=N–C) groups is 1. The number of hydrogen-bond acceptors (Lipinski definition) is 4. The number of ether oxygens (including phenoxy) is 1. The molecule has 7 heteroatoms. The molecule has 0 unspecified atom stereocenters. The van der Waals surface area contributed by atoms with Gasteiger partial charge in [-0.05, 0) is 18.1 Å². The third kappa shape index (κ3) is 5.08. The molecule has 0 aliphatic rings. The Morgan fingerprint density at radius 1 is 1.36 bits per heavy atom. The van der Waals surface area contributed by atoms with Crippen LogP contribution in [0.4, 0.5) is 0 Å².